The molecule has 0 atom stereocenters. The fourth-order valence-corrected chi connectivity index (χ4v) is 2.74. The molecule has 0 spiro atoms. The summed E-state index contributed by atoms with van der Waals surface area (Å²) in [6.45, 7) is -2.05. The monoisotopic (exact) mass is 314 g/mol. The van der Waals surface area contributed by atoms with Crippen LogP contribution in [0.25, 0.3) is 0 Å². The van der Waals surface area contributed by atoms with Gasteiger partial charge >= 0.3 is 0 Å². The Kier molecular flexibility index (Phi) is 5.08. The molecule has 0 unspecified atom stereocenters. The van der Waals surface area contributed by atoms with E-state index in [9.17, 15) is 17.2 Å². The average molecular weight is 315 g/mol. The fraction of sp³-hybridized carbons (Fsp3) is 0.400. The first-order valence-corrected chi connectivity index (χ1v) is 6.99. The van der Waals surface area contributed by atoms with Gasteiger partial charge < -0.3 is 10.5 Å². The van der Waals surface area contributed by atoms with Crippen molar-refractivity contribution in [2.24, 2.45) is 5.73 Å². The number of benzene rings is 1. The van der Waals surface area contributed by atoms with E-state index in [1.807, 2.05) is 0 Å². The molecule has 0 aliphatic carbocycles. The highest BCUT2D eigenvalue weighted by Crippen LogP contribution is 2.26. The van der Waals surface area contributed by atoms with Gasteiger partial charge in [0, 0.05) is 6.07 Å². The first-order valence-electron chi connectivity index (χ1n) is 5.13. The molecule has 1 aromatic rings. The molecule has 0 aliphatic heterocycles. The van der Waals surface area contributed by atoms with Crippen LogP contribution >= 0.6 is 11.6 Å². The van der Waals surface area contributed by atoms with Gasteiger partial charge in [0.05, 0.1) is 25.2 Å². The summed E-state index contributed by atoms with van der Waals surface area (Å²) < 4.78 is 56.2. The molecule has 0 heterocycles. The Morgan fingerprint density at radius 2 is 2.11 bits per heavy atom. The normalized spacial score (nSPS) is 12.5. The highest BCUT2D eigenvalue weighted by molar-refractivity contribution is 7.89. The molecule has 9 heteroatoms. The standard InChI is InChI=1S/C10H13ClF2N2O3S/c1-18-7-2-3-8(11)9(4-7)19(16,17)15-6-10(12,13)5-14/h2-4,15H,5-6,14H2,1H3. The highest BCUT2D eigenvalue weighted by Gasteiger charge is 2.30. The predicted octanol–water partition coefficient (Wildman–Crippen LogP) is 1.22. The van der Waals surface area contributed by atoms with Crippen LogP contribution in [0.1, 0.15) is 0 Å². The summed E-state index contributed by atoms with van der Waals surface area (Å²) in [6, 6.07) is 3.90. The highest BCUT2D eigenvalue weighted by atomic mass is 35.5. The summed E-state index contributed by atoms with van der Waals surface area (Å²) in [4.78, 5) is -0.332. The van der Waals surface area contributed by atoms with Crippen molar-refractivity contribution in [3.8, 4) is 5.75 Å². The first kappa shape index (κ1) is 16.1. The maximum absolute atomic E-state index is 12.9. The van der Waals surface area contributed by atoms with E-state index >= 15 is 0 Å². The molecule has 0 bridgehead atoms. The molecule has 108 valence electrons. The lowest BCUT2D eigenvalue weighted by Gasteiger charge is -2.15. The molecule has 3 N–H and O–H groups in total. The molecule has 0 aromatic heterocycles. The van der Waals surface area contributed by atoms with Gasteiger partial charge in [-0.3, -0.25) is 0 Å². The number of ether oxygens (including phenoxy) is 1. The van der Waals surface area contributed by atoms with Crippen molar-refractivity contribution in [1.82, 2.24) is 4.72 Å². The van der Waals surface area contributed by atoms with Crippen LogP contribution in [0.2, 0.25) is 5.02 Å². The van der Waals surface area contributed by atoms with Gasteiger partial charge in [-0.2, -0.15) is 0 Å². The number of nitrogens with two attached hydrogens (primary N) is 1. The number of sulfonamides is 1. The van der Waals surface area contributed by atoms with Crippen LogP contribution < -0.4 is 15.2 Å². The third-order valence-corrected chi connectivity index (χ3v) is 4.13. The van der Waals surface area contributed by atoms with Gasteiger partial charge in [0.15, 0.2) is 0 Å². The van der Waals surface area contributed by atoms with Crippen LogP contribution in [-0.2, 0) is 10.0 Å². The lowest BCUT2D eigenvalue weighted by Crippen LogP contribution is -2.41. The zero-order chi connectivity index (χ0) is 14.7. The number of hydrogen-bond donors (Lipinski definition) is 2. The van der Waals surface area contributed by atoms with Gasteiger partial charge in [0.25, 0.3) is 5.92 Å². The molecular weight excluding hydrogens is 302 g/mol. The SMILES string of the molecule is COc1ccc(Cl)c(S(=O)(=O)NCC(F)(F)CN)c1. The van der Waals surface area contributed by atoms with Gasteiger partial charge in [-0.15, -0.1) is 0 Å². The second-order valence-corrected chi connectivity index (χ2v) is 5.82. The van der Waals surface area contributed by atoms with E-state index in [-0.39, 0.29) is 15.7 Å². The number of halogens is 3. The molecule has 1 rings (SSSR count). The van der Waals surface area contributed by atoms with Gasteiger partial charge in [-0.25, -0.2) is 21.9 Å². The summed E-state index contributed by atoms with van der Waals surface area (Å²) in [6.07, 6.45) is 0. The quantitative estimate of drug-likeness (QED) is 0.827. The molecule has 0 radical (unpaired) electrons. The van der Waals surface area contributed by atoms with E-state index in [4.69, 9.17) is 22.1 Å². The van der Waals surface area contributed by atoms with Crippen molar-refractivity contribution in [2.75, 3.05) is 20.2 Å². The van der Waals surface area contributed by atoms with E-state index in [2.05, 4.69) is 0 Å². The van der Waals surface area contributed by atoms with Crippen LogP contribution in [0.15, 0.2) is 23.1 Å². The third kappa shape index (κ3) is 4.27. The Balaban J connectivity index is 3.00. The van der Waals surface area contributed by atoms with Gasteiger partial charge in [0.1, 0.15) is 10.6 Å². The Morgan fingerprint density at radius 1 is 1.47 bits per heavy atom. The fourth-order valence-electron chi connectivity index (χ4n) is 1.17. The minimum absolute atomic E-state index is 0.0932. The van der Waals surface area contributed by atoms with E-state index < -0.39 is 29.0 Å². The van der Waals surface area contributed by atoms with Crippen molar-refractivity contribution in [3.05, 3.63) is 23.2 Å². The first-order chi connectivity index (χ1) is 8.72. The van der Waals surface area contributed by atoms with Crippen molar-refractivity contribution >= 4 is 21.6 Å². The molecular formula is C10H13ClF2N2O3S. The number of hydrogen-bond acceptors (Lipinski definition) is 4. The zero-order valence-electron chi connectivity index (χ0n) is 9.99. The van der Waals surface area contributed by atoms with Crippen LogP contribution in [0.3, 0.4) is 0 Å². The van der Waals surface area contributed by atoms with Crippen molar-refractivity contribution < 1.29 is 21.9 Å². The van der Waals surface area contributed by atoms with Crippen LogP contribution in [0.5, 0.6) is 5.75 Å². The summed E-state index contributed by atoms with van der Waals surface area (Å²) in [5.41, 5.74) is 4.82. The molecule has 0 fully saturated rings. The summed E-state index contributed by atoms with van der Waals surface area (Å²) in [7, 11) is -2.82. The Bertz CT molecular complexity index is 552. The number of methoxy groups -OCH3 is 1. The van der Waals surface area contributed by atoms with E-state index in [0.29, 0.717) is 0 Å². The van der Waals surface area contributed by atoms with Gasteiger partial charge in [-0.05, 0) is 12.1 Å². The van der Waals surface area contributed by atoms with Gasteiger partial charge in [-0.1, -0.05) is 11.6 Å². The minimum Gasteiger partial charge on any atom is -0.497 e. The molecule has 19 heavy (non-hydrogen) atoms. The summed E-state index contributed by atoms with van der Waals surface area (Å²) in [5, 5.41) is -0.0932. The maximum Gasteiger partial charge on any atom is 0.273 e. The molecule has 0 saturated heterocycles. The zero-order valence-corrected chi connectivity index (χ0v) is 11.6. The number of rotatable bonds is 6. The topological polar surface area (TPSA) is 81.4 Å². The number of alkyl halides is 2. The second-order valence-electron chi connectivity index (χ2n) is 3.68. The molecule has 0 aliphatic rings. The lowest BCUT2D eigenvalue weighted by molar-refractivity contribution is 0.0170. The van der Waals surface area contributed by atoms with Crippen LogP contribution in [0, 0.1) is 0 Å². The molecule has 5 nitrogen and oxygen atoms in total. The average Bonchev–Trinajstić information content (AvgIpc) is 2.37. The molecule has 1 aromatic carbocycles. The summed E-state index contributed by atoms with van der Waals surface area (Å²) in [5.74, 6) is -3.08. The minimum atomic E-state index is -4.16. The second kappa shape index (κ2) is 6.00. The number of nitrogens with one attached hydrogen (secondary N) is 1. The van der Waals surface area contributed by atoms with E-state index in [1.54, 1.807) is 4.72 Å². The summed E-state index contributed by atoms with van der Waals surface area (Å²) >= 11 is 5.73. The molecule has 0 saturated carbocycles. The largest absolute Gasteiger partial charge is 0.497 e. The Labute approximate surface area is 114 Å². The van der Waals surface area contributed by atoms with E-state index in [1.165, 1.54) is 19.2 Å². The van der Waals surface area contributed by atoms with Crippen molar-refractivity contribution in [3.63, 3.8) is 0 Å². The van der Waals surface area contributed by atoms with Crippen LogP contribution in [-0.4, -0.2) is 34.5 Å². The van der Waals surface area contributed by atoms with E-state index in [0.717, 1.165) is 6.07 Å². The van der Waals surface area contributed by atoms with Crippen LogP contribution in [0.4, 0.5) is 8.78 Å². The third-order valence-electron chi connectivity index (χ3n) is 2.25. The Hall–Kier alpha value is -0.960. The van der Waals surface area contributed by atoms with Crippen molar-refractivity contribution in [2.45, 2.75) is 10.8 Å². The van der Waals surface area contributed by atoms with Gasteiger partial charge in [0.2, 0.25) is 10.0 Å². The smallest absolute Gasteiger partial charge is 0.273 e. The van der Waals surface area contributed by atoms with Crippen molar-refractivity contribution in [1.29, 1.82) is 0 Å². The Morgan fingerprint density at radius 3 is 2.63 bits per heavy atom. The lowest BCUT2D eigenvalue weighted by atomic mass is 10.3. The molecule has 0 amide bonds. The predicted molar refractivity (Wildman–Crippen MR) is 67.2 cm³/mol. The maximum atomic E-state index is 12.9.